The first-order valence-electron chi connectivity index (χ1n) is 7.67. The first-order valence-corrected chi connectivity index (χ1v) is 7.67. The van der Waals surface area contributed by atoms with Crippen LogP contribution in [0.1, 0.15) is 11.1 Å². The molecule has 0 radical (unpaired) electrons. The number of urea groups is 1. The number of amides is 2. The quantitative estimate of drug-likeness (QED) is 0.736. The van der Waals surface area contributed by atoms with E-state index in [4.69, 9.17) is 10.2 Å². The lowest BCUT2D eigenvalue weighted by Gasteiger charge is -2.21. The third kappa shape index (κ3) is 5.43. The van der Waals surface area contributed by atoms with E-state index in [1.165, 1.54) is 4.90 Å². The van der Waals surface area contributed by atoms with Gasteiger partial charge in [0.15, 0.2) is 0 Å². The lowest BCUT2D eigenvalue weighted by Crippen LogP contribution is -2.38. The smallest absolute Gasteiger partial charge is 0.321 e. The van der Waals surface area contributed by atoms with Gasteiger partial charge in [-0.2, -0.15) is 0 Å². The summed E-state index contributed by atoms with van der Waals surface area (Å²) in [6.45, 7) is 0.0197. The van der Waals surface area contributed by atoms with E-state index < -0.39 is 0 Å². The summed E-state index contributed by atoms with van der Waals surface area (Å²) in [7, 11) is 0. The van der Waals surface area contributed by atoms with Crippen LogP contribution < -0.4 is 5.32 Å². The van der Waals surface area contributed by atoms with Crippen molar-refractivity contribution in [3.8, 4) is 11.8 Å². The molecule has 0 aromatic heterocycles. The fourth-order valence-corrected chi connectivity index (χ4v) is 2.10. The number of carbonyl (C=O) groups excluding carboxylic acids is 1. The summed E-state index contributed by atoms with van der Waals surface area (Å²) < 4.78 is 0. The molecule has 0 fully saturated rings. The molecule has 0 aliphatic rings. The standard InChI is InChI=1S/C19H20N2O3/c22-13-11-21(12-14-23)19(24)20-18-8-4-7-17(15-18)10-9-16-5-2-1-3-6-16/h1-8,15,22-23H,11-14H2,(H,20,24). The third-order valence-electron chi connectivity index (χ3n) is 3.27. The van der Waals surface area contributed by atoms with E-state index in [-0.39, 0.29) is 32.3 Å². The van der Waals surface area contributed by atoms with Gasteiger partial charge in [0.05, 0.1) is 13.2 Å². The van der Waals surface area contributed by atoms with Crippen LogP contribution >= 0.6 is 0 Å². The van der Waals surface area contributed by atoms with Gasteiger partial charge in [0.1, 0.15) is 0 Å². The predicted octanol–water partition coefficient (Wildman–Crippen LogP) is 1.90. The molecule has 2 aromatic carbocycles. The van der Waals surface area contributed by atoms with Crippen molar-refractivity contribution in [2.45, 2.75) is 0 Å². The molecule has 24 heavy (non-hydrogen) atoms. The molecule has 5 heteroatoms. The highest BCUT2D eigenvalue weighted by atomic mass is 16.3. The van der Waals surface area contributed by atoms with Crippen molar-refractivity contribution in [2.24, 2.45) is 0 Å². The molecular formula is C19H20N2O3. The third-order valence-corrected chi connectivity index (χ3v) is 3.27. The Morgan fingerprint density at radius 1 is 0.917 bits per heavy atom. The highest BCUT2D eigenvalue weighted by Gasteiger charge is 2.12. The van der Waals surface area contributed by atoms with Crippen molar-refractivity contribution >= 4 is 11.7 Å². The van der Waals surface area contributed by atoms with Gasteiger partial charge in [-0.3, -0.25) is 0 Å². The molecule has 0 aliphatic heterocycles. The first kappa shape index (κ1) is 17.5. The van der Waals surface area contributed by atoms with Crippen LogP contribution in [0.5, 0.6) is 0 Å². The van der Waals surface area contributed by atoms with E-state index in [9.17, 15) is 4.79 Å². The normalized spacial score (nSPS) is 9.75. The number of carbonyl (C=O) groups is 1. The summed E-state index contributed by atoms with van der Waals surface area (Å²) in [6, 6.07) is 16.5. The maximum Gasteiger partial charge on any atom is 0.321 e. The Labute approximate surface area is 141 Å². The number of benzene rings is 2. The Morgan fingerprint density at radius 2 is 1.54 bits per heavy atom. The molecule has 2 aromatic rings. The lowest BCUT2D eigenvalue weighted by molar-refractivity contribution is 0.167. The van der Waals surface area contributed by atoms with Gasteiger partial charge < -0.3 is 20.4 Å². The molecule has 2 amide bonds. The van der Waals surface area contributed by atoms with Crippen LogP contribution in [-0.2, 0) is 0 Å². The fourth-order valence-electron chi connectivity index (χ4n) is 2.10. The summed E-state index contributed by atoms with van der Waals surface area (Å²) in [5.74, 6) is 6.12. The van der Waals surface area contributed by atoms with Crippen molar-refractivity contribution in [1.29, 1.82) is 0 Å². The van der Waals surface area contributed by atoms with Crippen molar-refractivity contribution in [3.63, 3.8) is 0 Å². The topological polar surface area (TPSA) is 72.8 Å². The number of hydrogen-bond donors (Lipinski definition) is 3. The number of nitrogens with zero attached hydrogens (tertiary/aromatic N) is 1. The minimum Gasteiger partial charge on any atom is -0.395 e. The van der Waals surface area contributed by atoms with E-state index in [0.717, 1.165) is 11.1 Å². The number of nitrogens with one attached hydrogen (secondary N) is 1. The van der Waals surface area contributed by atoms with Crippen LogP contribution in [0.3, 0.4) is 0 Å². The number of rotatable bonds is 5. The Kier molecular flexibility index (Phi) is 6.84. The van der Waals surface area contributed by atoms with Crippen LogP contribution in [0.2, 0.25) is 0 Å². The van der Waals surface area contributed by atoms with E-state index in [0.29, 0.717) is 5.69 Å². The molecule has 3 N–H and O–H groups in total. The van der Waals surface area contributed by atoms with Gasteiger partial charge in [0, 0.05) is 29.9 Å². The van der Waals surface area contributed by atoms with Crippen LogP contribution in [0, 0.1) is 11.8 Å². The fraction of sp³-hybridized carbons (Fsp3) is 0.211. The predicted molar refractivity (Wildman–Crippen MR) is 93.6 cm³/mol. The largest absolute Gasteiger partial charge is 0.395 e. The summed E-state index contributed by atoms with van der Waals surface area (Å²) in [6.07, 6.45) is 0. The van der Waals surface area contributed by atoms with Crippen molar-refractivity contribution in [1.82, 2.24) is 4.90 Å². The van der Waals surface area contributed by atoms with Gasteiger partial charge in [-0.05, 0) is 30.3 Å². The second-order valence-electron chi connectivity index (χ2n) is 5.06. The molecule has 0 bridgehead atoms. The minimum atomic E-state index is -0.369. The second-order valence-corrected chi connectivity index (χ2v) is 5.06. The van der Waals surface area contributed by atoms with E-state index in [1.54, 1.807) is 12.1 Å². The van der Waals surface area contributed by atoms with E-state index in [2.05, 4.69) is 17.2 Å². The van der Waals surface area contributed by atoms with Gasteiger partial charge >= 0.3 is 6.03 Å². The number of aliphatic hydroxyl groups excluding tert-OH is 2. The zero-order chi connectivity index (χ0) is 17.2. The zero-order valence-corrected chi connectivity index (χ0v) is 13.3. The summed E-state index contributed by atoms with van der Waals surface area (Å²) >= 11 is 0. The van der Waals surface area contributed by atoms with Crippen LogP contribution in [0.25, 0.3) is 0 Å². The molecule has 5 nitrogen and oxygen atoms in total. The molecule has 0 spiro atoms. The van der Waals surface area contributed by atoms with Gasteiger partial charge in [-0.1, -0.05) is 36.1 Å². The van der Waals surface area contributed by atoms with Crippen LogP contribution in [0.15, 0.2) is 54.6 Å². The monoisotopic (exact) mass is 324 g/mol. The Balaban J connectivity index is 2.07. The first-order chi connectivity index (χ1) is 11.7. The Morgan fingerprint density at radius 3 is 2.21 bits per heavy atom. The van der Waals surface area contributed by atoms with Gasteiger partial charge in [0.2, 0.25) is 0 Å². The highest BCUT2D eigenvalue weighted by Crippen LogP contribution is 2.11. The molecule has 124 valence electrons. The number of anilines is 1. The van der Waals surface area contributed by atoms with Crippen molar-refractivity contribution in [3.05, 3.63) is 65.7 Å². The molecule has 0 unspecified atom stereocenters. The van der Waals surface area contributed by atoms with Crippen LogP contribution in [0.4, 0.5) is 10.5 Å². The SMILES string of the molecule is O=C(Nc1cccc(C#Cc2ccccc2)c1)N(CCO)CCO. The Hall–Kier alpha value is -2.81. The molecule has 0 saturated carbocycles. The molecule has 0 aliphatic carbocycles. The van der Waals surface area contributed by atoms with Crippen molar-refractivity contribution in [2.75, 3.05) is 31.6 Å². The number of aliphatic hydroxyl groups is 2. The molecule has 2 rings (SSSR count). The van der Waals surface area contributed by atoms with Gasteiger partial charge in [-0.15, -0.1) is 0 Å². The van der Waals surface area contributed by atoms with Crippen LogP contribution in [-0.4, -0.2) is 47.4 Å². The summed E-state index contributed by atoms with van der Waals surface area (Å²) in [4.78, 5) is 13.5. The maximum absolute atomic E-state index is 12.1. The zero-order valence-electron chi connectivity index (χ0n) is 13.3. The molecule has 0 atom stereocenters. The summed E-state index contributed by atoms with van der Waals surface area (Å²) in [5, 5.41) is 20.7. The van der Waals surface area contributed by atoms with E-state index >= 15 is 0 Å². The number of hydrogen-bond acceptors (Lipinski definition) is 3. The average molecular weight is 324 g/mol. The maximum atomic E-state index is 12.1. The van der Waals surface area contributed by atoms with Gasteiger partial charge in [-0.25, -0.2) is 4.79 Å². The van der Waals surface area contributed by atoms with Gasteiger partial charge in [0.25, 0.3) is 0 Å². The van der Waals surface area contributed by atoms with E-state index in [1.807, 2.05) is 42.5 Å². The van der Waals surface area contributed by atoms with Crippen molar-refractivity contribution < 1.29 is 15.0 Å². The molecular weight excluding hydrogens is 304 g/mol. The minimum absolute atomic E-state index is 0.157. The highest BCUT2D eigenvalue weighted by molar-refractivity contribution is 5.89. The summed E-state index contributed by atoms with van der Waals surface area (Å²) in [5.41, 5.74) is 2.32. The second kappa shape index (κ2) is 9.36. The lowest BCUT2D eigenvalue weighted by atomic mass is 10.1. The molecule has 0 saturated heterocycles. The Bertz CT molecular complexity index is 714. The molecule has 0 heterocycles. The average Bonchev–Trinajstić information content (AvgIpc) is 2.61.